The molecule has 0 atom stereocenters. The van der Waals surface area contributed by atoms with Gasteiger partial charge >= 0.3 is 0 Å². The number of aromatic hydroxyl groups is 2. The lowest BCUT2D eigenvalue weighted by molar-refractivity contribution is 0.445. The fourth-order valence-corrected chi connectivity index (χ4v) is 2.94. The maximum atomic E-state index is 10.3. The Morgan fingerprint density at radius 1 is 0.958 bits per heavy atom. The number of aryl methyl sites for hydroxylation is 2. The number of benzene rings is 2. The maximum absolute atomic E-state index is 10.3. The van der Waals surface area contributed by atoms with Gasteiger partial charge in [-0.25, -0.2) is 4.98 Å². The first-order valence-electron chi connectivity index (χ1n) is 7.95. The zero-order valence-electron chi connectivity index (χ0n) is 14.3. The van der Waals surface area contributed by atoms with E-state index in [0.717, 1.165) is 16.7 Å². The van der Waals surface area contributed by atoms with Crippen LogP contribution in [0, 0.1) is 13.8 Å². The highest BCUT2D eigenvalue weighted by molar-refractivity contribution is 5.82. The fourth-order valence-electron chi connectivity index (χ4n) is 2.94. The van der Waals surface area contributed by atoms with Crippen molar-refractivity contribution in [3.8, 4) is 34.1 Å². The van der Waals surface area contributed by atoms with E-state index in [1.165, 1.54) is 18.0 Å². The average molecular weight is 323 g/mol. The van der Waals surface area contributed by atoms with E-state index in [9.17, 15) is 10.2 Å². The molecule has 3 rings (SSSR count). The predicted octanol–water partition coefficient (Wildman–Crippen LogP) is 5.16. The molecule has 0 radical (unpaired) electrons. The van der Waals surface area contributed by atoms with Crippen molar-refractivity contribution in [3.05, 3.63) is 53.4 Å². The molecule has 0 aliphatic heterocycles. The molecule has 0 amide bonds. The molecule has 2 aromatic carbocycles. The number of rotatable bonds is 3. The summed E-state index contributed by atoms with van der Waals surface area (Å²) in [5.41, 5.74) is 5.08. The van der Waals surface area contributed by atoms with Gasteiger partial charge in [0, 0.05) is 17.2 Å². The molecule has 0 unspecified atom stereocenters. The van der Waals surface area contributed by atoms with E-state index in [1.54, 1.807) is 6.07 Å². The molecule has 0 bridgehead atoms. The summed E-state index contributed by atoms with van der Waals surface area (Å²) < 4.78 is 5.63. The highest BCUT2D eigenvalue weighted by atomic mass is 16.3. The van der Waals surface area contributed by atoms with Crippen LogP contribution in [0.2, 0.25) is 0 Å². The van der Waals surface area contributed by atoms with E-state index in [-0.39, 0.29) is 17.4 Å². The van der Waals surface area contributed by atoms with Crippen molar-refractivity contribution in [2.75, 3.05) is 0 Å². The summed E-state index contributed by atoms with van der Waals surface area (Å²) in [6, 6.07) is 9.24. The van der Waals surface area contributed by atoms with Gasteiger partial charge in [-0.15, -0.1) is 0 Å². The number of nitrogens with zero attached hydrogens (tertiary/aromatic N) is 1. The van der Waals surface area contributed by atoms with Crippen LogP contribution < -0.4 is 0 Å². The summed E-state index contributed by atoms with van der Waals surface area (Å²) >= 11 is 0. The molecular formula is C20H21NO3. The van der Waals surface area contributed by atoms with Gasteiger partial charge < -0.3 is 14.6 Å². The van der Waals surface area contributed by atoms with Crippen molar-refractivity contribution in [3.63, 3.8) is 0 Å². The molecule has 0 aliphatic carbocycles. The Bertz CT molecular complexity index is 894. The third-order valence-corrected chi connectivity index (χ3v) is 4.22. The van der Waals surface area contributed by atoms with Crippen LogP contribution in [-0.4, -0.2) is 15.2 Å². The van der Waals surface area contributed by atoms with Gasteiger partial charge in [-0.3, -0.25) is 0 Å². The molecule has 124 valence electrons. The lowest BCUT2D eigenvalue weighted by Gasteiger charge is -2.13. The summed E-state index contributed by atoms with van der Waals surface area (Å²) in [6.45, 7) is 8.04. The van der Waals surface area contributed by atoms with Crippen molar-refractivity contribution >= 4 is 0 Å². The summed E-state index contributed by atoms with van der Waals surface area (Å²) in [5, 5.41) is 20.4. The Balaban J connectivity index is 2.19. The van der Waals surface area contributed by atoms with Gasteiger partial charge in [-0.2, -0.15) is 0 Å². The highest BCUT2D eigenvalue weighted by Gasteiger charge is 2.20. The first-order chi connectivity index (χ1) is 11.4. The molecule has 24 heavy (non-hydrogen) atoms. The first kappa shape index (κ1) is 16.1. The number of aromatic nitrogens is 1. The van der Waals surface area contributed by atoms with Crippen LogP contribution in [0.4, 0.5) is 0 Å². The van der Waals surface area contributed by atoms with Gasteiger partial charge in [0.15, 0.2) is 12.2 Å². The Morgan fingerprint density at radius 3 is 2.38 bits per heavy atom. The Kier molecular flexibility index (Phi) is 4.06. The van der Waals surface area contributed by atoms with Crippen molar-refractivity contribution in [2.45, 2.75) is 33.6 Å². The molecule has 0 saturated heterocycles. The van der Waals surface area contributed by atoms with E-state index >= 15 is 0 Å². The molecule has 4 nitrogen and oxygen atoms in total. The van der Waals surface area contributed by atoms with Crippen molar-refractivity contribution in [1.29, 1.82) is 0 Å². The summed E-state index contributed by atoms with van der Waals surface area (Å²) in [5.74, 6) is 0.809. The van der Waals surface area contributed by atoms with E-state index in [2.05, 4.69) is 11.1 Å². The van der Waals surface area contributed by atoms with Crippen molar-refractivity contribution < 1.29 is 14.6 Å². The van der Waals surface area contributed by atoms with E-state index in [4.69, 9.17) is 4.42 Å². The molecule has 0 fully saturated rings. The molecule has 0 aliphatic rings. The number of hydrogen-bond acceptors (Lipinski definition) is 4. The van der Waals surface area contributed by atoms with Crippen molar-refractivity contribution in [2.24, 2.45) is 0 Å². The van der Waals surface area contributed by atoms with Crippen LogP contribution in [-0.2, 0) is 0 Å². The van der Waals surface area contributed by atoms with Gasteiger partial charge in [0.1, 0.15) is 17.2 Å². The summed E-state index contributed by atoms with van der Waals surface area (Å²) in [6.07, 6.45) is 1.38. The SMILES string of the molecule is Cc1ccc(-c2ocnc2-c2cc(C(C)C)c(O)cc2O)c(C)c1. The van der Waals surface area contributed by atoms with E-state index in [1.807, 2.05) is 39.8 Å². The van der Waals surface area contributed by atoms with Crippen LogP contribution in [0.15, 0.2) is 41.1 Å². The summed E-state index contributed by atoms with van der Waals surface area (Å²) in [7, 11) is 0. The Morgan fingerprint density at radius 2 is 1.71 bits per heavy atom. The van der Waals surface area contributed by atoms with Crippen LogP contribution in [0.1, 0.15) is 36.5 Å². The quantitative estimate of drug-likeness (QED) is 0.698. The van der Waals surface area contributed by atoms with Gasteiger partial charge in [-0.05, 0) is 37.0 Å². The lowest BCUT2D eigenvalue weighted by atomic mass is 9.95. The summed E-state index contributed by atoms with van der Waals surface area (Å²) in [4.78, 5) is 4.31. The largest absolute Gasteiger partial charge is 0.508 e. The molecule has 0 saturated carbocycles. The van der Waals surface area contributed by atoms with Crippen LogP contribution in [0.25, 0.3) is 22.6 Å². The predicted molar refractivity (Wildman–Crippen MR) is 94.3 cm³/mol. The van der Waals surface area contributed by atoms with E-state index in [0.29, 0.717) is 17.0 Å². The zero-order chi connectivity index (χ0) is 17.4. The molecule has 1 heterocycles. The van der Waals surface area contributed by atoms with Gasteiger partial charge in [-0.1, -0.05) is 37.6 Å². The number of oxazole rings is 1. The zero-order valence-corrected chi connectivity index (χ0v) is 14.3. The van der Waals surface area contributed by atoms with Gasteiger partial charge in [0.25, 0.3) is 0 Å². The molecule has 3 aromatic rings. The van der Waals surface area contributed by atoms with Gasteiger partial charge in [0.05, 0.1) is 0 Å². The molecule has 2 N–H and O–H groups in total. The third kappa shape index (κ3) is 2.75. The fraction of sp³-hybridized carbons (Fsp3) is 0.250. The molecule has 4 heteroatoms. The Labute approximate surface area is 141 Å². The van der Waals surface area contributed by atoms with Crippen molar-refractivity contribution in [1.82, 2.24) is 4.98 Å². The first-order valence-corrected chi connectivity index (χ1v) is 7.95. The minimum atomic E-state index is -0.0168. The molecule has 1 aromatic heterocycles. The molecule has 0 spiro atoms. The second kappa shape index (κ2) is 6.04. The topological polar surface area (TPSA) is 66.5 Å². The monoisotopic (exact) mass is 323 g/mol. The minimum absolute atomic E-state index is 0.0168. The normalized spacial score (nSPS) is 11.2. The minimum Gasteiger partial charge on any atom is -0.508 e. The number of hydrogen-bond donors (Lipinski definition) is 2. The second-order valence-corrected chi connectivity index (χ2v) is 6.43. The lowest BCUT2D eigenvalue weighted by Crippen LogP contribution is -1.92. The third-order valence-electron chi connectivity index (χ3n) is 4.22. The smallest absolute Gasteiger partial charge is 0.182 e. The van der Waals surface area contributed by atoms with Gasteiger partial charge in [0.2, 0.25) is 0 Å². The number of phenols is 2. The van der Waals surface area contributed by atoms with E-state index < -0.39 is 0 Å². The van der Waals surface area contributed by atoms with Crippen LogP contribution >= 0.6 is 0 Å². The second-order valence-electron chi connectivity index (χ2n) is 6.43. The maximum Gasteiger partial charge on any atom is 0.182 e. The standard InChI is InChI=1S/C20H21NO3/c1-11(2)15-8-16(18(23)9-17(15)22)19-20(24-10-21-19)14-6-5-12(3)7-13(14)4/h5-11,22-23H,1-4H3. The average Bonchev–Trinajstić information content (AvgIpc) is 2.96. The van der Waals surface area contributed by atoms with Crippen LogP contribution in [0.5, 0.6) is 11.5 Å². The molecular weight excluding hydrogens is 302 g/mol. The number of phenolic OH excluding ortho intramolecular Hbond substituents is 2. The Hall–Kier alpha value is -2.75. The van der Waals surface area contributed by atoms with Crippen LogP contribution in [0.3, 0.4) is 0 Å². The highest BCUT2D eigenvalue weighted by Crippen LogP contribution is 2.41.